The van der Waals surface area contributed by atoms with Crippen LogP contribution in [-0.4, -0.2) is 58.7 Å². The van der Waals surface area contributed by atoms with Crippen molar-refractivity contribution in [3.8, 4) is 0 Å². The molecule has 0 N–H and O–H groups in total. The first kappa shape index (κ1) is 15.4. The molecule has 3 aliphatic rings. The number of hydrogen-bond acceptors (Lipinski definition) is 5. The maximum absolute atomic E-state index is 12.4. The summed E-state index contributed by atoms with van der Waals surface area (Å²) >= 11 is 1.97. The third kappa shape index (κ3) is 3.25. The van der Waals surface area contributed by atoms with Gasteiger partial charge in [-0.25, -0.2) is 0 Å². The van der Waals surface area contributed by atoms with Crippen molar-refractivity contribution in [2.24, 2.45) is 5.92 Å². The van der Waals surface area contributed by atoms with Gasteiger partial charge in [-0.15, -0.1) is 11.8 Å². The number of thioether (sulfide) groups is 1. The summed E-state index contributed by atoms with van der Waals surface area (Å²) in [6.45, 7) is 3.65. The summed E-state index contributed by atoms with van der Waals surface area (Å²) in [6, 6.07) is 5.89. The molecule has 1 amide bonds. The fourth-order valence-corrected chi connectivity index (χ4v) is 5.16. The van der Waals surface area contributed by atoms with E-state index in [2.05, 4.69) is 4.98 Å². The number of ether oxygens (including phenoxy) is 2. The summed E-state index contributed by atoms with van der Waals surface area (Å²) in [6.07, 6.45) is 3.99. The lowest BCUT2D eigenvalue weighted by Crippen LogP contribution is -2.62. The zero-order valence-electron chi connectivity index (χ0n) is 13.1. The van der Waals surface area contributed by atoms with Crippen molar-refractivity contribution in [1.82, 2.24) is 9.88 Å². The van der Waals surface area contributed by atoms with Crippen LogP contribution in [0.15, 0.2) is 24.4 Å². The average Bonchev–Trinajstić information content (AvgIpc) is 3.22. The van der Waals surface area contributed by atoms with E-state index in [0.29, 0.717) is 13.2 Å². The number of pyridine rings is 1. The lowest BCUT2D eigenvalue weighted by molar-refractivity contribution is -0.141. The van der Waals surface area contributed by atoms with Crippen LogP contribution in [0, 0.1) is 5.92 Å². The highest BCUT2D eigenvalue weighted by Crippen LogP contribution is 2.46. The van der Waals surface area contributed by atoms with Gasteiger partial charge in [0.25, 0.3) is 0 Å². The topological polar surface area (TPSA) is 51.7 Å². The molecule has 0 aromatic carbocycles. The molecule has 124 valence electrons. The second kappa shape index (κ2) is 6.42. The summed E-state index contributed by atoms with van der Waals surface area (Å²) < 4.78 is 11.6. The second-order valence-corrected chi connectivity index (χ2v) is 8.20. The summed E-state index contributed by atoms with van der Waals surface area (Å²) in [4.78, 5) is 18.7. The number of aromatic nitrogens is 1. The minimum absolute atomic E-state index is 0.0926. The molecule has 6 heteroatoms. The van der Waals surface area contributed by atoms with Crippen molar-refractivity contribution in [3.05, 3.63) is 30.1 Å². The zero-order chi connectivity index (χ0) is 15.7. The third-order valence-electron chi connectivity index (χ3n) is 4.92. The Kier molecular flexibility index (Phi) is 4.30. The summed E-state index contributed by atoms with van der Waals surface area (Å²) in [7, 11) is 0. The molecule has 1 aromatic heterocycles. The van der Waals surface area contributed by atoms with Gasteiger partial charge in [0, 0.05) is 31.6 Å². The van der Waals surface area contributed by atoms with Crippen molar-refractivity contribution >= 4 is 17.7 Å². The van der Waals surface area contributed by atoms with E-state index in [9.17, 15) is 4.79 Å². The molecule has 0 bridgehead atoms. The van der Waals surface area contributed by atoms with Crippen LogP contribution >= 0.6 is 11.8 Å². The second-order valence-electron chi connectivity index (χ2n) is 6.71. The van der Waals surface area contributed by atoms with Crippen LogP contribution in [0.3, 0.4) is 0 Å². The first-order valence-corrected chi connectivity index (χ1v) is 9.25. The summed E-state index contributed by atoms with van der Waals surface area (Å²) in [5, 5.41) is 0. The Hall–Kier alpha value is -1.11. The standard InChI is InChI=1S/C17H22N2O3S/c20-16(13-4-6-21-8-13)19-11-17(12-19)7-15(10-23-17)22-9-14-3-1-2-5-18-14/h1-3,5,13,15H,4,6-12H2/t13-,15+/m0/s1. The molecule has 3 fully saturated rings. The number of likely N-dealkylation sites (tertiary alicyclic amines) is 1. The van der Waals surface area contributed by atoms with E-state index in [1.54, 1.807) is 6.20 Å². The molecule has 0 unspecified atom stereocenters. The van der Waals surface area contributed by atoms with Gasteiger partial charge in [-0.1, -0.05) is 6.07 Å². The normalized spacial score (nSPS) is 29.0. The molecule has 4 rings (SSSR count). The summed E-state index contributed by atoms with van der Waals surface area (Å²) in [5.41, 5.74) is 0.977. The molecular weight excluding hydrogens is 312 g/mol. The van der Waals surface area contributed by atoms with E-state index in [0.717, 1.165) is 44.0 Å². The highest BCUT2D eigenvalue weighted by atomic mass is 32.2. The van der Waals surface area contributed by atoms with Crippen LogP contribution in [0.4, 0.5) is 0 Å². The van der Waals surface area contributed by atoms with Crippen molar-refractivity contribution in [2.45, 2.75) is 30.3 Å². The Balaban J connectivity index is 1.24. The largest absolute Gasteiger partial charge is 0.381 e. The number of hydrogen-bond donors (Lipinski definition) is 0. The van der Waals surface area contributed by atoms with Gasteiger partial charge in [-0.3, -0.25) is 9.78 Å². The smallest absolute Gasteiger partial charge is 0.228 e. The Bertz CT molecular complexity index is 556. The monoisotopic (exact) mass is 334 g/mol. The van der Waals surface area contributed by atoms with Crippen LogP contribution in [-0.2, 0) is 20.9 Å². The van der Waals surface area contributed by atoms with Gasteiger partial charge in [-0.05, 0) is 25.0 Å². The first-order valence-electron chi connectivity index (χ1n) is 8.26. The Morgan fingerprint density at radius 2 is 2.39 bits per heavy atom. The van der Waals surface area contributed by atoms with E-state index >= 15 is 0 Å². The van der Waals surface area contributed by atoms with E-state index in [1.165, 1.54) is 0 Å². The van der Waals surface area contributed by atoms with E-state index in [1.807, 2.05) is 34.9 Å². The minimum atomic E-state index is 0.0926. The SMILES string of the molecule is O=C([C@H]1CCOC1)N1CC2(C[C@@H](OCc3ccccn3)CS2)C1. The van der Waals surface area contributed by atoms with Crippen LogP contribution in [0.25, 0.3) is 0 Å². The fourth-order valence-electron chi connectivity index (χ4n) is 3.61. The molecule has 23 heavy (non-hydrogen) atoms. The van der Waals surface area contributed by atoms with Crippen LogP contribution in [0.2, 0.25) is 0 Å². The molecule has 5 nitrogen and oxygen atoms in total. The molecule has 4 heterocycles. The molecular formula is C17H22N2O3S. The van der Waals surface area contributed by atoms with Crippen LogP contribution in [0.1, 0.15) is 18.5 Å². The van der Waals surface area contributed by atoms with Gasteiger partial charge < -0.3 is 14.4 Å². The summed E-state index contributed by atoms with van der Waals surface area (Å²) in [5.74, 6) is 1.39. The number of carbonyl (C=O) groups excluding carboxylic acids is 1. The highest BCUT2D eigenvalue weighted by molar-refractivity contribution is 8.01. The lowest BCUT2D eigenvalue weighted by Gasteiger charge is -2.48. The number of carbonyl (C=O) groups is 1. The first-order chi connectivity index (χ1) is 11.2. The molecule has 0 saturated carbocycles. The van der Waals surface area contributed by atoms with E-state index < -0.39 is 0 Å². The predicted molar refractivity (Wildman–Crippen MR) is 88.1 cm³/mol. The Labute approximate surface area is 140 Å². The van der Waals surface area contributed by atoms with E-state index in [-0.39, 0.29) is 22.7 Å². The Morgan fingerprint density at radius 1 is 1.48 bits per heavy atom. The predicted octanol–water partition coefficient (Wildman–Crippen LogP) is 1.72. The van der Waals surface area contributed by atoms with Gasteiger partial charge in [0.05, 0.1) is 35.7 Å². The highest BCUT2D eigenvalue weighted by Gasteiger charge is 2.51. The maximum atomic E-state index is 12.4. The van der Waals surface area contributed by atoms with Gasteiger partial charge in [-0.2, -0.15) is 0 Å². The molecule has 1 aromatic rings. The molecule has 0 aliphatic carbocycles. The quantitative estimate of drug-likeness (QED) is 0.839. The van der Waals surface area contributed by atoms with Crippen LogP contribution in [0.5, 0.6) is 0 Å². The number of nitrogens with zero attached hydrogens (tertiary/aromatic N) is 2. The van der Waals surface area contributed by atoms with Gasteiger partial charge in [0.2, 0.25) is 5.91 Å². The van der Waals surface area contributed by atoms with Gasteiger partial charge in [0.15, 0.2) is 0 Å². The lowest BCUT2D eigenvalue weighted by atomic mass is 9.91. The number of amides is 1. The molecule has 3 aliphatic heterocycles. The number of rotatable bonds is 4. The molecule has 3 saturated heterocycles. The molecule has 1 spiro atoms. The van der Waals surface area contributed by atoms with Crippen molar-refractivity contribution in [3.63, 3.8) is 0 Å². The van der Waals surface area contributed by atoms with Crippen molar-refractivity contribution < 1.29 is 14.3 Å². The van der Waals surface area contributed by atoms with E-state index in [4.69, 9.17) is 9.47 Å². The molecule has 0 radical (unpaired) electrons. The minimum Gasteiger partial charge on any atom is -0.381 e. The molecule has 2 atom stereocenters. The maximum Gasteiger partial charge on any atom is 0.228 e. The van der Waals surface area contributed by atoms with Crippen molar-refractivity contribution in [2.75, 3.05) is 32.1 Å². The average molecular weight is 334 g/mol. The van der Waals surface area contributed by atoms with Crippen molar-refractivity contribution in [1.29, 1.82) is 0 Å². The Morgan fingerprint density at radius 3 is 3.13 bits per heavy atom. The third-order valence-corrected chi connectivity index (χ3v) is 6.49. The fraction of sp³-hybridized carbons (Fsp3) is 0.647. The van der Waals surface area contributed by atoms with Gasteiger partial charge >= 0.3 is 0 Å². The zero-order valence-corrected chi connectivity index (χ0v) is 14.0. The van der Waals surface area contributed by atoms with Crippen LogP contribution < -0.4 is 0 Å². The van der Waals surface area contributed by atoms with Gasteiger partial charge in [0.1, 0.15) is 0 Å².